The Morgan fingerprint density at radius 2 is 2.16 bits per heavy atom. The predicted molar refractivity (Wildman–Crippen MR) is 71.0 cm³/mol. The second-order valence-electron chi connectivity index (χ2n) is 3.91. The summed E-state index contributed by atoms with van der Waals surface area (Å²) >= 11 is -2.35. The summed E-state index contributed by atoms with van der Waals surface area (Å²) in [5.74, 6) is 0. The fourth-order valence-corrected chi connectivity index (χ4v) is 2.14. The molecule has 0 amide bonds. The molecule has 1 N–H and O–H groups in total. The highest BCUT2D eigenvalue weighted by Crippen LogP contribution is 2.22. The minimum atomic E-state index is -2.35. The number of nitrogens with zero attached hydrogens (tertiary/aromatic N) is 3. The van der Waals surface area contributed by atoms with Crippen LogP contribution in [0.2, 0.25) is 0 Å². The maximum absolute atomic E-state index is 10.6. The van der Waals surface area contributed by atoms with E-state index in [0.29, 0.717) is 5.69 Å². The summed E-state index contributed by atoms with van der Waals surface area (Å²) in [6.07, 6.45) is 8.61. The van der Waals surface area contributed by atoms with Crippen molar-refractivity contribution in [3.8, 4) is 11.1 Å². The molecule has 0 fully saturated rings. The first kappa shape index (κ1) is 11.8. The Bertz CT molecular complexity index is 756. The predicted octanol–water partition coefficient (Wildman–Crippen LogP) is 1.60. The number of rotatable bonds is 3. The summed E-state index contributed by atoms with van der Waals surface area (Å²) in [4.78, 5) is 8.18. The first-order valence-corrected chi connectivity index (χ1v) is 6.54. The Kier molecular flexibility index (Phi) is 2.98. The number of pyridine rings is 2. The number of imidazole rings is 1. The Balaban J connectivity index is 2.02. The van der Waals surface area contributed by atoms with E-state index >= 15 is 0 Å². The van der Waals surface area contributed by atoms with Gasteiger partial charge in [-0.1, -0.05) is 0 Å². The van der Waals surface area contributed by atoms with Crippen LogP contribution < -0.4 is 4.72 Å². The lowest BCUT2D eigenvalue weighted by Crippen LogP contribution is -2.02. The lowest BCUT2D eigenvalue weighted by Gasteiger charge is -2.09. The monoisotopic (exact) mass is 273 g/mol. The summed E-state index contributed by atoms with van der Waals surface area (Å²) in [5.41, 5.74) is 3.03. The van der Waals surface area contributed by atoms with Gasteiger partial charge in [-0.15, -0.1) is 0 Å². The molecule has 1 atom stereocenters. The molecule has 7 heteroatoms. The van der Waals surface area contributed by atoms with E-state index in [0.717, 1.165) is 16.8 Å². The Morgan fingerprint density at radius 1 is 1.26 bits per heavy atom. The van der Waals surface area contributed by atoms with E-state index in [1.165, 1.54) is 6.20 Å². The summed E-state index contributed by atoms with van der Waals surface area (Å²) in [6.45, 7) is 0. The summed E-state index contributed by atoms with van der Waals surface area (Å²) in [5, 5.41) is 0. The van der Waals surface area contributed by atoms with E-state index in [1.54, 1.807) is 18.5 Å². The SMILES string of the molecule is O=S([O-])Nc1cncc(-c2ccc3nccn3c2)c1. The van der Waals surface area contributed by atoms with Crippen molar-refractivity contribution in [1.29, 1.82) is 0 Å². The number of hydrogen-bond acceptors (Lipinski definition) is 4. The summed E-state index contributed by atoms with van der Waals surface area (Å²) in [6, 6.07) is 5.53. The Hall–Kier alpha value is -2.25. The van der Waals surface area contributed by atoms with Crippen LogP contribution in [0.15, 0.2) is 49.2 Å². The van der Waals surface area contributed by atoms with Gasteiger partial charge in [-0.3, -0.25) is 9.19 Å². The Morgan fingerprint density at radius 3 is 3.00 bits per heavy atom. The highest BCUT2D eigenvalue weighted by Gasteiger charge is 2.02. The number of anilines is 1. The van der Waals surface area contributed by atoms with Crippen LogP contribution >= 0.6 is 0 Å². The van der Waals surface area contributed by atoms with Crippen molar-refractivity contribution in [3.63, 3.8) is 0 Å². The normalized spacial score (nSPS) is 12.5. The molecular formula is C12H9N4O2S-. The van der Waals surface area contributed by atoms with Crippen LogP contribution in [0.25, 0.3) is 16.8 Å². The number of hydrogen-bond donors (Lipinski definition) is 1. The molecule has 0 radical (unpaired) electrons. The van der Waals surface area contributed by atoms with Crippen LogP contribution in [0.3, 0.4) is 0 Å². The molecule has 0 bridgehead atoms. The topological polar surface area (TPSA) is 82.3 Å². The number of aromatic nitrogens is 3. The Labute approximate surface area is 111 Å². The molecule has 0 aliphatic rings. The zero-order valence-electron chi connectivity index (χ0n) is 9.69. The molecule has 19 heavy (non-hydrogen) atoms. The molecule has 3 aromatic heterocycles. The zero-order valence-corrected chi connectivity index (χ0v) is 10.5. The van der Waals surface area contributed by atoms with Crippen LogP contribution in [0, 0.1) is 0 Å². The van der Waals surface area contributed by atoms with Crippen molar-refractivity contribution in [2.24, 2.45) is 0 Å². The summed E-state index contributed by atoms with van der Waals surface area (Å²) in [7, 11) is 0. The van der Waals surface area contributed by atoms with E-state index in [9.17, 15) is 8.76 Å². The highest BCUT2D eigenvalue weighted by atomic mass is 32.2. The molecular weight excluding hydrogens is 264 g/mol. The van der Waals surface area contributed by atoms with Gasteiger partial charge in [-0.2, -0.15) is 0 Å². The van der Waals surface area contributed by atoms with Gasteiger partial charge in [-0.25, -0.2) is 4.98 Å². The molecule has 96 valence electrons. The fourth-order valence-electron chi connectivity index (χ4n) is 1.84. The first-order valence-electron chi connectivity index (χ1n) is 5.46. The summed E-state index contributed by atoms with van der Waals surface area (Å²) < 4.78 is 25.4. The lowest BCUT2D eigenvalue weighted by molar-refractivity contribution is 0.542. The molecule has 0 spiro atoms. The van der Waals surface area contributed by atoms with Crippen LogP contribution in [0.4, 0.5) is 5.69 Å². The van der Waals surface area contributed by atoms with E-state index in [-0.39, 0.29) is 0 Å². The minimum Gasteiger partial charge on any atom is -0.755 e. The molecule has 3 heterocycles. The number of nitrogens with one attached hydrogen (secondary N) is 1. The molecule has 0 saturated heterocycles. The third-order valence-electron chi connectivity index (χ3n) is 2.66. The third-order valence-corrected chi connectivity index (χ3v) is 3.06. The quantitative estimate of drug-likeness (QED) is 0.735. The van der Waals surface area contributed by atoms with Gasteiger partial charge >= 0.3 is 0 Å². The second kappa shape index (κ2) is 4.79. The van der Waals surface area contributed by atoms with Gasteiger partial charge in [0.25, 0.3) is 0 Å². The van der Waals surface area contributed by atoms with Gasteiger partial charge in [-0.05, 0) is 18.2 Å². The molecule has 6 nitrogen and oxygen atoms in total. The van der Waals surface area contributed by atoms with Crippen molar-refractivity contribution in [2.75, 3.05) is 4.72 Å². The lowest BCUT2D eigenvalue weighted by atomic mass is 10.1. The maximum atomic E-state index is 10.6. The second-order valence-corrected chi connectivity index (χ2v) is 4.58. The zero-order chi connectivity index (χ0) is 13.2. The van der Waals surface area contributed by atoms with E-state index in [2.05, 4.69) is 14.7 Å². The van der Waals surface area contributed by atoms with Crippen LogP contribution in [0.5, 0.6) is 0 Å². The van der Waals surface area contributed by atoms with Gasteiger partial charge in [0.2, 0.25) is 0 Å². The van der Waals surface area contributed by atoms with Crippen molar-refractivity contribution in [3.05, 3.63) is 49.2 Å². The highest BCUT2D eigenvalue weighted by molar-refractivity contribution is 7.80. The molecule has 1 unspecified atom stereocenters. The molecule has 0 aliphatic heterocycles. The smallest absolute Gasteiger partial charge is 0.136 e. The maximum Gasteiger partial charge on any atom is 0.136 e. The average Bonchev–Trinajstić information content (AvgIpc) is 2.85. The van der Waals surface area contributed by atoms with Crippen molar-refractivity contribution < 1.29 is 8.76 Å². The first-order chi connectivity index (χ1) is 9.22. The molecule has 3 aromatic rings. The van der Waals surface area contributed by atoms with Gasteiger partial charge in [0.1, 0.15) is 5.65 Å². The van der Waals surface area contributed by atoms with E-state index < -0.39 is 11.3 Å². The average molecular weight is 273 g/mol. The van der Waals surface area contributed by atoms with Crippen molar-refractivity contribution in [2.45, 2.75) is 0 Å². The molecule has 0 saturated carbocycles. The molecule has 0 aromatic carbocycles. The van der Waals surface area contributed by atoms with Crippen molar-refractivity contribution >= 4 is 22.6 Å². The van der Waals surface area contributed by atoms with E-state index in [4.69, 9.17) is 0 Å². The minimum absolute atomic E-state index is 0.427. The van der Waals surface area contributed by atoms with Gasteiger partial charge < -0.3 is 13.7 Å². The molecule has 3 rings (SSSR count). The van der Waals surface area contributed by atoms with Crippen LogP contribution in [-0.2, 0) is 11.3 Å². The van der Waals surface area contributed by atoms with Crippen LogP contribution in [-0.4, -0.2) is 23.1 Å². The largest absolute Gasteiger partial charge is 0.755 e. The van der Waals surface area contributed by atoms with Gasteiger partial charge in [0, 0.05) is 47.2 Å². The van der Waals surface area contributed by atoms with Gasteiger partial charge in [0.15, 0.2) is 0 Å². The van der Waals surface area contributed by atoms with E-state index in [1.807, 2.05) is 28.9 Å². The fraction of sp³-hybridized carbons (Fsp3) is 0. The van der Waals surface area contributed by atoms with Crippen molar-refractivity contribution in [1.82, 2.24) is 14.4 Å². The van der Waals surface area contributed by atoms with Crippen LogP contribution in [0.1, 0.15) is 0 Å². The molecule has 0 aliphatic carbocycles. The number of fused-ring (bicyclic) bond motifs is 1. The standard InChI is InChI=1S/C12H10N4O2S/c17-19(18)15-11-5-10(6-13-7-11)9-1-2-12-14-3-4-16(12)8-9/h1-8,15H,(H,17,18)/p-1. The van der Waals surface area contributed by atoms with Gasteiger partial charge in [0.05, 0.1) is 11.9 Å². The third kappa shape index (κ3) is 2.47.